The summed E-state index contributed by atoms with van der Waals surface area (Å²) in [6.45, 7) is 7.37. The lowest BCUT2D eigenvalue weighted by atomic mass is 10.1. The number of aromatic nitrogens is 2. The molecule has 1 aromatic heterocycles. The summed E-state index contributed by atoms with van der Waals surface area (Å²) in [5.74, 6) is 1.71. The van der Waals surface area contributed by atoms with E-state index in [9.17, 15) is 0 Å². The van der Waals surface area contributed by atoms with Crippen LogP contribution in [0, 0.1) is 12.8 Å². The third-order valence-corrected chi connectivity index (χ3v) is 3.17. The predicted octanol–water partition coefficient (Wildman–Crippen LogP) is 2.60. The van der Waals surface area contributed by atoms with Crippen molar-refractivity contribution in [2.75, 3.05) is 11.9 Å². The van der Waals surface area contributed by atoms with Crippen molar-refractivity contribution in [2.24, 2.45) is 18.7 Å². The Morgan fingerprint density at radius 3 is 2.67 bits per heavy atom. The number of thiocarbonyl (C=S) groups is 1. The number of nitrogens with two attached hydrogens (primary N) is 1. The van der Waals surface area contributed by atoms with E-state index in [1.54, 1.807) is 0 Å². The van der Waals surface area contributed by atoms with Gasteiger partial charge in [0.2, 0.25) is 0 Å². The molecule has 0 amide bonds. The quantitative estimate of drug-likeness (QED) is 0.589. The first kappa shape index (κ1) is 15.0. The van der Waals surface area contributed by atoms with Gasteiger partial charge in [0.05, 0.1) is 11.3 Å². The van der Waals surface area contributed by atoms with E-state index in [-0.39, 0.29) is 0 Å². The molecule has 0 atom stereocenters. The van der Waals surface area contributed by atoms with Crippen LogP contribution in [0.4, 0.5) is 5.82 Å². The van der Waals surface area contributed by atoms with Crippen molar-refractivity contribution < 1.29 is 0 Å². The number of unbranched alkanes of at least 4 members (excludes halogenated alkanes) is 1. The van der Waals surface area contributed by atoms with Crippen LogP contribution < -0.4 is 11.1 Å². The van der Waals surface area contributed by atoms with Gasteiger partial charge in [-0.3, -0.25) is 4.68 Å². The number of nitrogens with one attached hydrogen (secondary N) is 1. The molecule has 1 rings (SSSR count). The highest BCUT2D eigenvalue weighted by molar-refractivity contribution is 7.80. The van der Waals surface area contributed by atoms with Gasteiger partial charge >= 0.3 is 0 Å². The summed E-state index contributed by atoms with van der Waals surface area (Å²) >= 11 is 5.07. The fourth-order valence-electron chi connectivity index (χ4n) is 2.04. The van der Waals surface area contributed by atoms with Crippen molar-refractivity contribution in [3.05, 3.63) is 11.3 Å². The van der Waals surface area contributed by atoms with Crippen LogP contribution in [0.5, 0.6) is 0 Å². The number of anilines is 1. The Kier molecular flexibility index (Phi) is 5.59. The molecule has 4 nitrogen and oxygen atoms in total. The topological polar surface area (TPSA) is 55.9 Å². The fraction of sp³-hybridized carbons (Fsp3) is 0.692. The minimum atomic E-state index is 0.408. The van der Waals surface area contributed by atoms with Crippen LogP contribution in [-0.4, -0.2) is 21.3 Å². The third-order valence-electron chi connectivity index (χ3n) is 2.97. The zero-order valence-electron chi connectivity index (χ0n) is 11.8. The smallest absolute Gasteiger partial charge is 0.134 e. The molecule has 3 N–H and O–H groups in total. The van der Waals surface area contributed by atoms with Gasteiger partial charge in [0.15, 0.2) is 0 Å². The lowest BCUT2D eigenvalue weighted by Crippen LogP contribution is -2.15. The standard InChI is InChI=1S/C13H24N4S/c1-9(2)7-5-6-8-15-13-11(12(14)18)10(3)16-17(13)4/h9,15H,5-8H2,1-4H3,(H2,14,18). The maximum atomic E-state index is 5.74. The summed E-state index contributed by atoms with van der Waals surface area (Å²) in [6.07, 6.45) is 3.66. The molecular weight excluding hydrogens is 244 g/mol. The van der Waals surface area contributed by atoms with Gasteiger partial charge in [-0.1, -0.05) is 38.9 Å². The van der Waals surface area contributed by atoms with E-state index in [0.29, 0.717) is 4.99 Å². The number of rotatable bonds is 7. The largest absolute Gasteiger partial charge is 0.389 e. The van der Waals surface area contributed by atoms with Crippen molar-refractivity contribution in [1.82, 2.24) is 9.78 Å². The first-order chi connectivity index (χ1) is 8.43. The third kappa shape index (κ3) is 3.98. The van der Waals surface area contributed by atoms with Gasteiger partial charge in [-0.2, -0.15) is 5.10 Å². The van der Waals surface area contributed by atoms with Crippen LogP contribution in [0.1, 0.15) is 44.4 Å². The Morgan fingerprint density at radius 1 is 1.44 bits per heavy atom. The number of nitrogens with zero attached hydrogens (tertiary/aromatic N) is 2. The van der Waals surface area contributed by atoms with E-state index < -0.39 is 0 Å². The van der Waals surface area contributed by atoms with Gasteiger partial charge in [-0.05, 0) is 19.3 Å². The van der Waals surface area contributed by atoms with Gasteiger partial charge in [0, 0.05) is 13.6 Å². The Morgan fingerprint density at radius 2 is 2.11 bits per heavy atom. The molecule has 0 saturated heterocycles. The van der Waals surface area contributed by atoms with Crippen molar-refractivity contribution >= 4 is 23.0 Å². The highest BCUT2D eigenvalue weighted by Gasteiger charge is 2.14. The second kappa shape index (κ2) is 6.73. The highest BCUT2D eigenvalue weighted by atomic mass is 32.1. The van der Waals surface area contributed by atoms with E-state index in [4.69, 9.17) is 18.0 Å². The maximum Gasteiger partial charge on any atom is 0.134 e. The Balaban J connectivity index is 2.54. The predicted molar refractivity (Wildman–Crippen MR) is 81.0 cm³/mol. The van der Waals surface area contributed by atoms with Gasteiger partial charge in [0.25, 0.3) is 0 Å². The van der Waals surface area contributed by atoms with E-state index in [1.807, 2.05) is 18.7 Å². The lowest BCUT2D eigenvalue weighted by Gasteiger charge is -2.09. The van der Waals surface area contributed by atoms with Gasteiger partial charge < -0.3 is 11.1 Å². The molecule has 0 aliphatic rings. The van der Waals surface area contributed by atoms with Gasteiger partial charge in [0.1, 0.15) is 10.8 Å². The summed E-state index contributed by atoms with van der Waals surface area (Å²) in [5, 5.41) is 7.74. The lowest BCUT2D eigenvalue weighted by molar-refractivity contribution is 0.544. The summed E-state index contributed by atoms with van der Waals surface area (Å²) in [4.78, 5) is 0.408. The van der Waals surface area contributed by atoms with Gasteiger partial charge in [-0.15, -0.1) is 0 Å². The van der Waals surface area contributed by atoms with Crippen molar-refractivity contribution in [3.63, 3.8) is 0 Å². The molecular formula is C13H24N4S. The number of hydrogen-bond donors (Lipinski definition) is 2. The molecule has 5 heteroatoms. The molecule has 102 valence electrons. The van der Waals surface area contributed by atoms with Crippen LogP contribution in [-0.2, 0) is 7.05 Å². The van der Waals surface area contributed by atoms with Crippen molar-refractivity contribution in [3.8, 4) is 0 Å². The Hall–Kier alpha value is -1.10. The fourth-order valence-corrected chi connectivity index (χ4v) is 2.28. The summed E-state index contributed by atoms with van der Waals surface area (Å²) in [6, 6.07) is 0. The molecule has 0 aromatic carbocycles. The van der Waals surface area contributed by atoms with Crippen LogP contribution >= 0.6 is 12.2 Å². The average molecular weight is 268 g/mol. The van der Waals surface area contributed by atoms with E-state index in [1.165, 1.54) is 12.8 Å². The zero-order chi connectivity index (χ0) is 13.7. The molecule has 0 aliphatic heterocycles. The molecule has 0 aliphatic carbocycles. The monoisotopic (exact) mass is 268 g/mol. The minimum Gasteiger partial charge on any atom is -0.389 e. The first-order valence-corrected chi connectivity index (χ1v) is 6.91. The SMILES string of the molecule is Cc1nn(C)c(NCCCCC(C)C)c1C(N)=S. The van der Waals surface area contributed by atoms with Gasteiger partial charge in [-0.25, -0.2) is 0 Å². The molecule has 0 fully saturated rings. The molecule has 0 saturated carbocycles. The second-order valence-electron chi connectivity index (χ2n) is 5.11. The van der Waals surface area contributed by atoms with E-state index in [2.05, 4.69) is 24.3 Å². The maximum absolute atomic E-state index is 5.74. The highest BCUT2D eigenvalue weighted by Crippen LogP contribution is 2.18. The molecule has 0 spiro atoms. The van der Waals surface area contributed by atoms with Crippen LogP contribution in [0.3, 0.4) is 0 Å². The Labute approximate surface area is 115 Å². The van der Waals surface area contributed by atoms with Crippen molar-refractivity contribution in [2.45, 2.75) is 40.0 Å². The number of aryl methyl sites for hydroxylation is 2. The molecule has 0 bridgehead atoms. The molecule has 18 heavy (non-hydrogen) atoms. The normalized spacial score (nSPS) is 10.9. The summed E-state index contributed by atoms with van der Waals surface area (Å²) in [7, 11) is 1.91. The second-order valence-corrected chi connectivity index (χ2v) is 5.55. The number of hydrogen-bond acceptors (Lipinski definition) is 3. The van der Waals surface area contributed by atoms with Crippen LogP contribution in [0.15, 0.2) is 0 Å². The zero-order valence-corrected chi connectivity index (χ0v) is 12.6. The van der Waals surface area contributed by atoms with Crippen LogP contribution in [0.25, 0.3) is 0 Å². The minimum absolute atomic E-state index is 0.408. The summed E-state index contributed by atoms with van der Waals surface area (Å²) in [5.41, 5.74) is 7.49. The van der Waals surface area contributed by atoms with Crippen molar-refractivity contribution in [1.29, 1.82) is 0 Å². The first-order valence-electron chi connectivity index (χ1n) is 6.50. The van der Waals surface area contributed by atoms with E-state index >= 15 is 0 Å². The molecule has 1 aromatic rings. The van der Waals surface area contributed by atoms with E-state index in [0.717, 1.165) is 36.0 Å². The Bertz CT molecular complexity index is 409. The molecule has 0 radical (unpaired) electrons. The molecule has 1 heterocycles. The van der Waals surface area contributed by atoms with Crippen LogP contribution in [0.2, 0.25) is 0 Å². The molecule has 0 unspecified atom stereocenters. The summed E-state index contributed by atoms with van der Waals surface area (Å²) < 4.78 is 1.81. The average Bonchev–Trinajstić information content (AvgIpc) is 2.52.